The fraction of sp³-hybridized carbons (Fsp3) is 0.364. The van der Waals surface area contributed by atoms with Crippen molar-refractivity contribution in [2.24, 2.45) is 11.1 Å². The van der Waals surface area contributed by atoms with Gasteiger partial charge >= 0.3 is 0 Å². The SMILES string of the molecule is Cc1ccc2nc(COc3ccc(C(=O)N4CCC(C)(CN)C4)cc3)cn2c1. The highest BCUT2D eigenvalue weighted by molar-refractivity contribution is 5.94. The molecule has 4 rings (SSSR count). The highest BCUT2D eigenvalue weighted by atomic mass is 16.5. The third-order valence-electron chi connectivity index (χ3n) is 5.47. The monoisotopic (exact) mass is 378 g/mol. The molecule has 146 valence electrons. The second-order valence-corrected chi connectivity index (χ2v) is 8.01. The number of carbonyl (C=O) groups is 1. The zero-order valence-corrected chi connectivity index (χ0v) is 16.4. The minimum absolute atomic E-state index is 0.0331. The molecule has 0 bridgehead atoms. The summed E-state index contributed by atoms with van der Waals surface area (Å²) in [5.41, 5.74) is 9.50. The smallest absolute Gasteiger partial charge is 0.253 e. The van der Waals surface area contributed by atoms with E-state index in [0.717, 1.165) is 30.1 Å². The number of amides is 1. The van der Waals surface area contributed by atoms with Crippen molar-refractivity contribution in [1.82, 2.24) is 14.3 Å². The number of carbonyl (C=O) groups excluding carboxylic acids is 1. The summed E-state index contributed by atoms with van der Waals surface area (Å²) in [5.74, 6) is 0.775. The Morgan fingerprint density at radius 3 is 2.71 bits per heavy atom. The second-order valence-electron chi connectivity index (χ2n) is 8.01. The number of nitrogens with zero attached hydrogens (tertiary/aromatic N) is 3. The molecule has 0 aliphatic carbocycles. The number of benzene rings is 1. The number of aromatic nitrogens is 2. The van der Waals surface area contributed by atoms with Crippen LogP contribution >= 0.6 is 0 Å². The van der Waals surface area contributed by atoms with Crippen molar-refractivity contribution in [2.45, 2.75) is 26.9 Å². The molecule has 0 saturated carbocycles. The first-order valence-electron chi connectivity index (χ1n) is 9.62. The molecular weight excluding hydrogens is 352 g/mol. The third kappa shape index (κ3) is 3.73. The summed E-state index contributed by atoms with van der Waals surface area (Å²) >= 11 is 0. The Labute approximate surface area is 164 Å². The van der Waals surface area contributed by atoms with Gasteiger partial charge in [0, 0.05) is 31.0 Å². The average Bonchev–Trinajstić information content (AvgIpc) is 3.30. The van der Waals surface area contributed by atoms with E-state index in [1.54, 1.807) is 0 Å². The second kappa shape index (κ2) is 7.28. The van der Waals surface area contributed by atoms with Crippen molar-refractivity contribution in [3.8, 4) is 5.75 Å². The lowest BCUT2D eigenvalue weighted by molar-refractivity contribution is 0.0777. The van der Waals surface area contributed by atoms with Crippen LogP contribution in [0, 0.1) is 12.3 Å². The number of aryl methyl sites for hydroxylation is 1. The molecule has 1 unspecified atom stereocenters. The number of likely N-dealkylation sites (tertiary alicyclic amines) is 1. The number of fused-ring (bicyclic) bond motifs is 1. The van der Waals surface area contributed by atoms with E-state index < -0.39 is 0 Å². The fourth-order valence-corrected chi connectivity index (χ4v) is 3.62. The largest absolute Gasteiger partial charge is 0.487 e. The van der Waals surface area contributed by atoms with Crippen LogP contribution < -0.4 is 10.5 Å². The van der Waals surface area contributed by atoms with Gasteiger partial charge in [-0.2, -0.15) is 0 Å². The quantitative estimate of drug-likeness (QED) is 0.741. The zero-order chi connectivity index (χ0) is 19.7. The van der Waals surface area contributed by atoms with Crippen LogP contribution in [0.1, 0.15) is 35.0 Å². The summed E-state index contributed by atoms with van der Waals surface area (Å²) in [6.07, 6.45) is 4.97. The molecule has 1 aliphatic rings. The Kier molecular flexibility index (Phi) is 4.81. The Bertz CT molecular complexity index is 995. The first kappa shape index (κ1) is 18.5. The standard InChI is InChI=1S/C22H26N4O2/c1-16-3-8-20-24-18(12-26(20)11-16)13-28-19-6-4-17(5-7-19)21(27)25-10-9-22(2,14-23)15-25/h3-8,11-12H,9-10,13-15,23H2,1-2H3. The van der Waals surface area contributed by atoms with Crippen molar-refractivity contribution < 1.29 is 9.53 Å². The summed E-state index contributed by atoms with van der Waals surface area (Å²) < 4.78 is 7.85. The van der Waals surface area contributed by atoms with Gasteiger partial charge in [0.2, 0.25) is 0 Å². The Hall–Kier alpha value is -2.86. The summed E-state index contributed by atoms with van der Waals surface area (Å²) in [5, 5.41) is 0. The maximum Gasteiger partial charge on any atom is 0.253 e. The normalized spacial score (nSPS) is 19.3. The van der Waals surface area contributed by atoms with Crippen molar-refractivity contribution in [2.75, 3.05) is 19.6 Å². The number of hydrogen-bond acceptors (Lipinski definition) is 4. The number of ether oxygens (including phenoxy) is 1. The molecule has 2 N–H and O–H groups in total. The third-order valence-corrected chi connectivity index (χ3v) is 5.47. The Balaban J connectivity index is 1.38. The highest BCUT2D eigenvalue weighted by Gasteiger charge is 2.35. The molecule has 1 amide bonds. The molecule has 0 radical (unpaired) electrons. The minimum Gasteiger partial charge on any atom is -0.487 e. The molecular formula is C22H26N4O2. The Morgan fingerprint density at radius 2 is 2.00 bits per heavy atom. The van der Waals surface area contributed by atoms with E-state index in [1.165, 1.54) is 5.56 Å². The average molecular weight is 378 g/mol. The van der Waals surface area contributed by atoms with Gasteiger partial charge in [-0.05, 0) is 61.2 Å². The van der Waals surface area contributed by atoms with Crippen LogP contribution in [-0.4, -0.2) is 39.8 Å². The topological polar surface area (TPSA) is 72.9 Å². The maximum atomic E-state index is 12.7. The van der Waals surface area contributed by atoms with Crippen molar-refractivity contribution >= 4 is 11.6 Å². The van der Waals surface area contributed by atoms with Crippen LogP contribution in [0.15, 0.2) is 48.8 Å². The molecule has 28 heavy (non-hydrogen) atoms. The van der Waals surface area contributed by atoms with E-state index in [9.17, 15) is 4.79 Å². The predicted octanol–water partition coefficient (Wildman–Crippen LogP) is 3.03. The van der Waals surface area contributed by atoms with Crippen molar-refractivity contribution in [1.29, 1.82) is 0 Å². The van der Waals surface area contributed by atoms with Crippen molar-refractivity contribution in [3.63, 3.8) is 0 Å². The first-order chi connectivity index (χ1) is 13.5. The van der Waals surface area contributed by atoms with Crippen LogP contribution in [0.5, 0.6) is 5.75 Å². The number of pyridine rings is 1. The first-order valence-corrected chi connectivity index (χ1v) is 9.62. The predicted molar refractivity (Wildman–Crippen MR) is 108 cm³/mol. The van der Waals surface area contributed by atoms with Gasteiger partial charge in [-0.15, -0.1) is 0 Å². The van der Waals surface area contributed by atoms with Gasteiger partial charge < -0.3 is 19.8 Å². The number of hydrogen-bond donors (Lipinski definition) is 1. The van der Waals surface area contributed by atoms with Gasteiger partial charge in [0.1, 0.15) is 18.0 Å². The van der Waals surface area contributed by atoms with Crippen molar-refractivity contribution in [3.05, 3.63) is 65.6 Å². The van der Waals surface area contributed by atoms with E-state index in [2.05, 4.69) is 18.8 Å². The van der Waals surface area contributed by atoms with E-state index in [-0.39, 0.29) is 11.3 Å². The molecule has 1 aliphatic heterocycles. The lowest BCUT2D eigenvalue weighted by Gasteiger charge is -2.22. The van der Waals surface area contributed by atoms with Gasteiger partial charge in [-0.1, -0.05) is 13.0 Å². The van der Waals surface area contributed by atoms with Gasteiger partial charge in [0.05, 0.1) is 5.69 Å². The van der Waals surface area contributed by atoms with Crippen LogP contribution in [0.25, 0.3) is 5.65 Å². The molecule has 1 atom stereocenters. The molecule has 3 aromatic rings. The molecule has 2 aromatic heterocycles. The van der Waals surface area contributed by atoms with E-state index in [1.807, 2.05) is 58.1 Å². The van der Waals surface area contributed by atoms with Crippen LogP contribution in [0.3, 0.4) is 0 Å². The van der Waals surface area contributed by atoms with Gasteiger partial charge in [-0.25, -0.2) is 4.98 Å². The molecule has 1 fully saturated rings. The summed E-state index contributed by atoms with van der Waals surface area (Å²) in [7, 11) is 0. The van der Waals surface area contributed by atoms with Gasteiger partial charge in [0.25, 0.3) is 5.91 Å². The lowest BCUT2D eigenvalue weighted by Crippen LogP contribution is -2.34. The summed E-state index contributed by atoms with van der Waals surface area (Å²) in [6, 6.07) is 11.4. The maximum absolute atomic E-state index is 12.7. The zero-order valence-electron chi connectivity index (χ0n) is 16.4. The molecule has 1 saturated heterocycles. The minimum atomic E-state index is 0.0331. The summed E-state index contributed by atoms with van der Waals surface area (Å²) in [6.45, 7) is 6.66. The van der Waals surface area contributed by atoms with E-state index in [0.29, 0.717) is 25.3 Å². The Morgan fingerprint density at radius 1 is 1.21 bits per heavy atom. The number of rotatable bonds is 5. The number of imidazole rings is 1. The molecule has 6 heteroatoms. The van der Waals surface area contributed by atoms with Crippen LogP contribution in [-0.2, 0) is 6.61 Å². The highest BCUT2D eigenvalue weighted by Crippen LogP contribution is 2.29. The van der Waals surface area contributed by atoms with Gasteiger partial charge in [0.15, 0.2) is 0 Å². The van der Waals surface area contributed by atoms with E-state index >= 15 is 0 Å². The fourth-order valence-electron chi connectivity index (χ4n) is 3.62. The summed E-state index contributed by atoms with van der Waals surface area (Å²) in [4.78, 5) is 19.1. The number of nitrogens with two attached hydrogens (primary N) is 1. The molecule has 1 aromatic carbocycles. The van der Waals surface area contributed by atoms with Gasteiger partial charge in [-0.3, -0.25) is 4.79 Å². The molecule has 0 spiro atoms. The molecule has 6 nitrogen and oxygen atoms in total. The van der Waals surface area contributed by atoms with Crippen LogP contribution in [0.4, 0.5) is 0 Å². The molecule has 3 heterocycles. The van der Waals surface area contributed by atoms with E-state index in [4.69, 9.17) is 10.5 Å². The van der Waals surface area contributed by atoms with Crippen LogP contribution in [0.2, 0.25) is 0 Å². The lowest BCUT2D eigenvalue weighted by atomic mass is 9.90.